The molecule has 106 valence electrons. The van der Waals surface area contributed by atoms with Gasteiger partial charge in [-0.3, -0.25) is 0 Å². The Morgan fingerprint density at radius 3 is 2.16 bits per heavy atom. The van der Waals surface area contributed by atoms with E-state index in [1.807, 2.05) is 12.1 Å². The summed E-state index contributed by atoms with van der Waals surface area (Å²) in [5.41, 5.74) is 7.83. The molecule has 0 aliphatic carbocycles. The number of hydrogen-bond acceptors (Lipinski definition) is 5. The van der Waals surface area contributed by atoms with Crippen LogP contribution in [-0.2, 0) is 4.74 Å². The second kappa shape index (κ2) is 6.02. The van der Waals surface area contributed by atoms with Gasteiger partial charge < -0.3 is 24.8 Å². The largest absolute Gasteiger partial charge is 0.493 e. The molecule has 2 N–H and O–H groups in total. The molecule has 0 bridgehead atoms. The fourth-order valence-electron chi connectivity index (χ4n) is 2.49. The van der Waals surface area contributed by atoms with Crippen LogP contribution in [-0.4, -0.2) is 40.5 Å². The zero-order valence-corrected chi connectivity index (χ0v) is 11.8. The van der Waals surface area contributed by atoms with E-state index in [0.29, 0.717) is 23.3 Å². The normalized spacial score (nSPS) is 16.5. The fraction of sp³-hybridized carbons (Fsp3) is 0.571. The summed E-state index contributed by atoms with van der Waals surface area (Å²) in [4.78, 5) is 2.27. The predicted molar refractivity (Wildman–Crippen MR) is 76.2 cm³/mol. The van der Waals surface area contributed by atoms with Crippen LogP contribution in [0.4, 0.5) is 11.4 Å². The molecule has 0 amide bonds. The van der Waals surface area contributed by atoms with E-state index in [1.165, 1.54) is 0 Å². The molecule has 1 heterocycles. The van der Waals surface area contributed by atoms with Crippen LogP contribution in [0.5, 0.6) is 11.5 Å². The van der Waals surface area contributed by atoms with Gasteiger partial charge >= 0.3 is 0 Å². The van der Waals surface area contributed by atoms with Crippen molar-refractivity contribution in [1.29, 1.82) is 0 Å². The SMILES string of the molecule is COc1cc(N)c(N2CCC(OC)CC2)cc1OC. The molecule has 5 nitrogen and oxygen atoms in total. The van der Waals surface area contributed by atoms with E-state index in [0.717, 1.165) is 31.6 Å². The standard InChI is InChI=1S/C14H22N2O3/c1-17-10-4-6-16(7-5-10)12-9-14(19-3)13(18-2)8-11(12)15/h8-10H,4-7,15H2,1-3H3. The van der Waals surface area contributed by atoms with E-state index >= 15 is 0 Å². The summed E-state index contributed by atoms with van der Waals surface area (Å²) in [6, 6.07) is 3.76. The van der Waals surface area contributed by atoms with Crippen LogP contribution in [0.3, 0.4) is 0 Å². The molecule has 0 atom stereocenters. The van der Waals surface area contributed by atoms with Crippen molar-refractivity contribution in [2.24, 2.45) is 0 Å². The highest BCUT2D eigenvalue weighted by atomic mass is 16.5. The molecule has 1 aliphatic rings. The Hall–Kier alpha value is -1.62. The predicted octanol–water partition coefficient (Wildman–Crippen LogP) is 1.90. The van der Waals surface area contributed by atoms with Gasteiger partial charge in [-0.25, -0.2) is 0 Å². The summed E-state index contributed by atoms with van der Waals surface area (Å²) in [6.45, 7) is 1.89. The van der Waals surface area contributed by atoms with Crippen LogP contribution in [0.15, 0.2) is 12.1 Å². The third kappa shape index (κ3) is 2.87. The Kier molecular flexibility index (Phi) is 4.37. The highest BCUT2D eigenvalue weighted by Gasteiger charge is 2.21. The molecule has 5 heteroatoms. The van der Waals surface area contributed by atoms with Crippen molar-refractivity contribution in [3.05, 3.63) is 12.1 Å². The number of methoxy groups -OCH3 is 3. The second-order valence-electron chi connectivity index (χ2n) is 4.69. The molecule has 1 aliphatic heterocycles. The number of benzene rings is 1. The lowest BCUT2D eigenvalue weighted by Crippen LogP contribution is -2.37. The molecular weight excluding hydrogens is 244 g/mol. The molecule has 1 aromatic rings. The van der Waals surface area contributed by atoms with Crippen LogP contribution in [0.2, 0.25) is 0 Å². The molecule has 0 spiro atoms. The van der Waals surface area contributed by atoms with Gasteiger partial charge in [0.15, 0.2) is 11.5 Å². The molecular formula is C14H22N2O3. The summed E-state index contributed by atoms with van der Waals surface area (Å²) < 4.78 is 16.0. The monoisotopic (exact) mass is 266 g/mol. The van der Waals surface area contributed by atoms with Crippen molar-refractivity contribution >= 4 is 11.4 Å². The topological polar surface area (TPSA) is 57.0 Å². The maximum atomic E-state index is 6.11. The van der Waals surface area contributed by atoms with Crippen LogP contribution < -0.4 is 20.1 Å². The molecule has 0 saturated carbocycles. The molecule has 1 aromatic carbocycles. The van der Waals surface area contributed by atoms with Crippen molar-refractivity contribution in [2.75, 3.05) is 45.1 Å². The highest BCUT2D eigenvalue weighted by Crippen LogP contribution is 2.37. The van der Waals surface area contributed by atoms with E-state index in [-0.39, 0.29) is 0 Å². The van der Waals surface area contributed by atoms with Crippen molar-refractivity contribution < 1.29 is 14.2 Å². The average molecular weight is 266 g/mol. The fourth-order valence-corrected chi connectivity index (χ4v) is 2.49. The van der Waals surface area contributed by atoms with Gasteiger partial charge in [-0.15, -0.1) is 0 Å². The zero-order chi connectivity index (χ0) is 13.8. The van der Waals surface area contributed by atoms with E-state index < -0.39 is 0 Å². The summed E-state index contributed by atoms with van der Waals surface area (Å²) >= 11 is 0. The first-order valence-electron chi connectivity index (χ1n) is 6.48. The maximum Gasteiger partial charge on any atom is 0.162 e. The van der Waals surface area contributed by atoms with E-state index in [1.54, 1.807) is 21.3 Å². The summed E-state index contributed by atoms with van der Waals surface area (Å²) in [6.07, 6.45) is 2.40. The molecule has 19 heavy (non-hydrogen) atoms. The lowest BCUT2D eigenvalue weighted by atomic mass is 10.1. The number of rotatable bonds is 4. The molecule has 0 unspecified atom stereocenters. The number of anilines is 2. The highest BCUT2D eigenvalue weighted by molar-refractivity contribution is 5.73. The number of hydrogen-bond donors (Lipinski definition) is 1. The quantitative estimate of drug-likeness (QED) is 0.844. The van der Waals surface area contributed by atoms with Crippen LogP contribution >= 0.6 is 0 Å². The average Bonchev–Trinajstić information content (AvgIpc) is 2.47. The van der Waals surface area contributed by atoms with Crippen LogP contribution in [0.1, 0.15) is 12.8 Å². The Morgan fingerprint density at radius 1 is 1.05 bits per heavy atom. The van der Waals surface area contributed by atoms with Gasteiger partial charge in [-0.1, -0.05) is 0 Å². The second-order valence-corrected chi connectivity index (χ2v) is 4.69. The number of piperidine rings is 1. The van der Waals surface area contributed by atoms with Gasteiger partial charge in [0.25, 0.3) is 0 Å². The van der Waals surface area contributed by atoms with Crippen molar-refractivity contribution in [3.63, 3.8) is 0 Å². The number of nitrogens with zero attached hydrogens (tertiary/aromatic N) is 1. The van der Waals surface area contributed by atoms with Crippen molar-refractivity contribution in [1.82, 2.24) is 0 Å². The smallest absolute Gasteiger partial charge is 0.162 e. The summed E-state index contributed by atoms with van der Waals surface area (Å²) in [5, 5.41) is 0. The Balaban J connectivity index is 2.20. The lowest BCUT2D eigenvalue weighted by Gasteiger charge is -2.33. The van der Waals surface area contributed by atoms with Crippen LogP contribution in [0.25, 0.3) is 0 Å². The maximum absolute atomic E-state index is 6.11. The van der Waals surface area contributed by atoms with E-state index in [4.69, 9.17) is 19.9 Å². The van der Waals surface area contributed by atoms with Crippen molar-refractivity contribution in [3.8, 4) is 11.5 Å². The molecule has 0 aromatic heterocycles. The van der Waals surface area contributed by atoms with Gasteiger partial charge in [0.05, 0.1) is 31.7 Å². The Morgan fingerprint density at radius 2 is 1.63 bits per heavy atom. The third-order valence-corrected chi connectivity index (χ3v) is 3.65. The van der Waals surface area contributed by atoms with Gasteiger partial charge in [0, 0.05) is 32.3 Å². The third-order valence-electron chi connectivity index (χ3n) is 3.65. The number of nitrogen functional groups attached to an aromatic ring is 1. The minimum atomic E-state index is 0.359. The molecule has 1 fully saturated rings. The first-order chi connectivity index (χ1) is 9.19. The molecule has 2 rings (SSSR count). The number of ether oxygens (including phenoxy) is 3. The van der Waals surface area contributed by atoms with Crippen molar-refractivity contribution in [2.45, 2.75) is 18.9 Å². The van der Waals surface area contributed by atoms with Gasteiger partial charge in [0.1, 0.15) is 0 Å². The van der Waals surface area contributed by atoms with E-state index in [9.17, 15) is 0 Å². The molecule has 1 saturated heterocycles. The first-order valence-corrected chi connectivity index (χ1v) is 6.48. The minimum Gasteiger partial charge on any atom is -0.493 e. The van der Waals surface area contributed by atoms with E-state index in [2.05, 4.69) is 4.90 Å². The molecule has 0 radical (unpaired) electrons. The minimum absolute atomic E-state index is 0.359. The zero-order valence-electron chi connectivity index (χ0n) is 11.8. The number of nitrogens with two attached hydrogens (primary N) is 1. The first kappa shape index (κ1) is 13.8. The lowest BCUT2D eigenvalue weighted by molar-refractivity contribution is 0.0819. The van der Waals surface area contributed by atoms with Crippen LogP contribution in [0, 0.1) is 0 Å². The Labute approximate surface area is 114 Å². The van der Waals surface area contributed by atoms with Gasteiger partial charge in [-0.05, 0) is 12.8 Å². The Bertz CT molecular complexity index is 429. The summed E-state index contributed by atoms with van der Waals surface area (Å²) in [5.74, 6) is 1.37. The summed E-state index contributed by atoms with van der Waals surface area (Å²) in [7, 11) is 5.02. The van der Waals surface area contributed by atoms with Gasteiger partial charge in [0.2, 0.25) is 0 Å². The van der Waals surface area contributed by atoms with Gasteiger partial charge in [-0.2, -0.15) is 0 Å².